The maximum absolute atomic E-state index is 8.58. The van der Waals surface area contributed by atoms with Crippen LogP contribution in [-0.2, 0) is 6.42 Å². The van der Waals surface area contributed by atoms with Crippen molar-refractivity contribution in [3.8, 4) is 6.07 Å². The van der Waals surface area contributed by atoms with Crippen LogP contribution >= 0.6 is 34.8 Å². The molecule has 0 atom stereocenters. The highest BCUT2D eigenvalue weighted by atomic mass is 35.5. The van der Waals surface area contributed by atoms with Gasteiger partial charge in [0.1, 0.15) is 6.07 Å². The molecule has 0 aliphatic rings. The van der Waals surface area contributed by atoms with Crippen LogP contribution in [0.2, 0.25) is 5.02 Å². The molecule has 0 unspecified atom stereocenters. The normalized spacial score (nSPS) is 11.0. The third-order valence-corrected chi connectivity index (χ3v) is 2.60. The third kappa shape index (κ3) is 3.75. The molecular weight excluding hydrogens is 240 g/mol. The number of benzene rings is 1. The number of aryl methyl sites for hydroxylation is 1. The topological polar surface area (TPSA) is 23.8 Å². The minimum absolute atomic E-state index is 0.411. The number of hydrogen-bond donors (Lipinski definition) is 0. The zero-order valence-electron chi connectivity index (χ0n) is 7.30. The molecule has 0 bridgehead atoms. The van der Waals surface area contributed by atoms with E-state index in [0.29, 0.717) is 17.9 Å². The van der Waals surface area contributed by atoms with Gasteiger partial charge in [-0.25, -0.2) is 0 Å². The summed E-state index contributed by atoms with van der Waals surface area (Å²) in [6.45, 7) is 0. The van der Waals surface area contributed by atoms with Crippen molar-refractivity contribution in [2.75, 3.05) is 0 Å². The molecule has 1 nitrogen and oxygen atoms in total. The molecule has 0 saturated heterocycles. The van der Waals surface area contributed by atoms with E-state index in [2.05, 4.69) is 0 Å². The Morgan fingerprint density at radius 2 is 1.79 bits per heavy atom. The van der Waals surface area contributed by atoms with Gasteiger partial charge in [0, 0.05) is 5.02 Å². The van der Waals surface area contributed by atoms with Crippen LogP contribution in [0.1, 0.15) is 12.0 Å². The highest BCUT2D eigenvalue weighted by molar-refractivity contribution is 6.50. The van der Waals surface area contributed by atoms with Crippen molar-refractivity contribution < 1.29 is 0 Å². The summed E-state index contributed by atoms with van der Waals surface area (Å²) in [6.07, 6.45) is 1.08. The lowest BCUT2D eigenvalue weighted by molar-refractivity contribution is 0.809. The maximum Gasteiger partial charge on any atom is 0.203 e. The maximum atomic E-state index is 8.58. The van der Waals surface area contributed by atoms with Crippen LogP contribution in [0.3, 0.4) is 0 Å². The minimum atomic E-state index is -1.29. The predicted octanol–water partition coefficient (Wildman–Crippen LogP) is 3.97. The first kappa shape index (κ1) is 11.7. The first-order valence-electron chi connectivity index (χ1n) is 4.07. The molecule has 74 valence electrons. The van der Waals surface area contributed by atoms with Gasteiger partial charge in [-0.1, -0.05) is 46.9 Å². The molecule has 1 rings (SSSR count). The second kappa shape index (κ2) is 4.89. The van der Waals surface area contributed by atoms with E-state index in [-0.39, 0.29) is 0 Å². The SMILES string of the molecule is N#CC(Cl)(Cl)CCc1ccc(Cl)cc1. The molecule has 0 spiro atoms. The van der Waals surface area contributed by atoms with E-state index in [4.69, 9.17) is 40.1 Å². The molecule has 1 aromatic rings. The molecular formula is C10H8Cl3N. The van der Waals surface area contributed by atoms with Gasteiger partial charge < -0.3 is 0 Å². The predicted molar refractivity (Wildman–Crippen MR) is 59.8 cm³/mol. The van der Waals surface area contributed by atoms with Crippen LogP contribution in [0.5, 0.6) is 0 Å². The van der Waals surface area contributed by atoms with Crippen LogP contribution in [0, 0.1) is 11.3 Å². The molecule has 4 heteroatoms. The van der Waals surface area contributed by atoms with Crippen molar-refractivity contribution in [1.29, 1.82) is 5.26 Å². The zero-order valence-corrected chi connectivity index (χ0v) is 9.57. The first-order valence-corrected chi connectivity index (χ1v) is 5.20. The summed E-state index contributed by atoms with van der Waals surface area (Å²) < 4.78 is -1.29. The lowest BCUT2D eigenvalue weighted by atomic mass is 10.1. The van der Waals surface area contributed by atoms with Crippen molar-refractivity contribution in [3.05, 3.63) is 34.9 Å². The largest absolute Gasteiger partial charge is 0.203 e. The van der Waals surface area contributed by atoms with Crippen molar-refractivity contribution in [2.24, 2.45) is 0 Å². The van der Waals surface area contributed by atoms with Gasteiger partial charge >= 0.3 is 0 Å². The number of nitrogens with zero attached hydrogens (tertiary/aromatic N) is 1. The van der Waals surface area contributed by atoms with Gasteiger partial charge in [0.15, 0.2) is 0 Å². The van der Waals surface area contributed by atoms with E-state index < -0.39 is 4.33 Å². The molecule has 1 aromatic carbocycles. The first-order chi connectivity index (χ1) is 6.53. The van der Waals surface area contributed by atoms with Gasteiger partial charge in [-0.2, -0.15) is 5.26 Å². The lowest BCUT2D eigenvalue weighted by Crippen LogP contribution is -2.10. The average Bonchev–Trinajstić information content (AvgIpc) is 2.17. The second-order valence-corrected chi connectivity index (χ2v) is 4.86. The number of alkyl halides is 2. The van der Waals surface area contributed by atoms with Gasteiger partial charge in [0.25, 0.3) is 0 Å². The van der Waals surface area contributed by atoms with Gasteiger partial charge in [-0.05, 0) is 30.5 Å². The molecule has 0 N–H and O–H groups in total. The number of nitriles is 1. The average molecular weight is 249 g/mol. The van der Waals surface area contributed by atoms with E-state index >= 15 is 0 Å². The Balaban J connectivity index is 2.55. The van der Waals surface area contributed by atoms with Crippen LogP contribution in [-0.4, -0.2) is 4.33 Å². The van der Waals surface area contributed by atoms with Crippen molar-refractivity contribution in [2.45, 2.75) is 17.2 Å². The molecule has 0 fully saturated rings. The Kier molecular flexibility index (Phi) is 4.07. The smallest absolute Gasteiger partial charge is 0.195 e. The summed E-state index contributed by atoms with van der Waals surface area (Å²) in [7, 11) is 0. The van der Waals surface area contributed by atoms with Crippen LogP contribution in [0.4, 0.5) is 0 Å². The summed E-state index contributed by atoms with van der Waals surface area (Å²) in [4.78, 5) is 0. The number of rotatable bonds is 3. The Bertz CT molecular complexity index is 337. The Labute approximate surface area is 98.2 Å². The van der Waals surface area contributed by atoms with Crippen LogP contribution in [0.15, 0.2) is 24.3 Å². The monoisotopic (exact) mass is 247 g/mol. The van der Waals surface area contributed by atoms with E-state index in [1.807, 2.05) is 18.2 Å². The fourth-order valence-electron chi connectivity index (χ4n) is 1.01. The summed E-state index contributed by atoms with van der Waals surface area (Å²) in [5, 5.41) is 9.27. The second-order valence-electron chi connectivity index (χ2n) is 2.94. The fourth-order valence-corrected chi connectivity index (χ4v) is 1.32. The summed E-state index contributed by atoms with van der Waals surface area (Å²) >= 11 is 17.1. The molecule has 14 heavy (non-hydrogen) atoms. The van der Waals surface area contributed by atoms with Crippen LogP contribution < -0.4 is 0 Å². The molecule has 0 saturated carbocycles. The van der Waals surface area contributed by atoms with Crippen LogP contribution in [0.25, 0.3) is 0 Å². The van der Waals surface area contributed by atoms with Gasteiger partial charge in [-0.15, -0.1) is 0 Å². The zero-order chi connectivity index (χ0) is 10.6. The van der Waals surface area contributed by atoms with E-state index in [1.165, 1.54) is 0 Å². The van der Waals surface area contributed by atoms with Gasteiger partial charge in [0.05, 0.1) is 0 Å². The van der Waals surface area contributed by atoms with Gasteiger partial charge in [-0.3, -0.25) is 0 Å². The molecule has 0 amide bonds. The summed E-state index contributed by atoms with van der Waals surface area (Å²) in [5.41, 5.74) is 1.07. The van der Waals surface area contributed by atoms with E-state index in [1.54, 1.807) is 12.1 Å². The Hall–Kier alpha value is -0.420. The Morgan fingerprint density at radius 3 is 2.29 bits per heavy atom. The molecule has 0 aliphatic heterocycles. The molecule has 0 aromatic heterocycles. The van der Waals surface area contributed by atoms with Crippen molar-refractivity contribution >= 4 is 34.8 Å². The summed E-state index contributed by atoms with van der Waals surface area (Å²) in [5.74, 6) is 0. The quantitative estimate of drug-likeness (QED) is 0.743. The number of hydrogen-bond acceptors (Lipinski definition) is 1. The van der Waals surface area contributed by atoms with E-state index in [9.17, 15) is 0 Å². The highest BCUT2D eigenvalue weighted by Gasteiger charge is 2.22. The molecule has 0 heterocycles. The number of halogens is 3. The van der Waals surface area contributed by atoms with Crippen molar-refractivity contribution in [3.63, 3.8) is 0 Å². The summed E-state index contributed by atoms with van der Waals surface area (Å²) in [6, 6.07) is 9.21. The standard InChI is InChI=1S/C10H8Cl3N/c11-9-3-1-8(2-4-9)5-6-10(12,13)7-14/h1-4H,5-6H2. The molecule has 0 radical (unpaired) electrons. The van der Waals surface area contributed by atoms with E-state index in [0.717, 1.165) is 5.56 Å². The lowest BCUT2D eigenvalue weighted by Gasteiger charge is -2.09. The van der Waals surface area contributed by atoms with Gasteiger partial charge in [0.2, 0.25) is 4.33 Å². The van der Waals surface area contributed by atoms with Crippen molar-refractivity contribution in [1.82, 2.24) is 0 Å². The molecule has 0 aliphatic carbocycles. The minimum Gasteiger partial charge on any atom is -0.195 e. The highest BCUT2D eigenvalue weighted by Crippen LogP contribution is 2.26. The third-order valence-electron chi connectivity index (χ3n) is 1.80. The fraction of sp³-hybridized carbons (Fsp3) is 0.300. The Morgan fingerprint density at radius 1 is 1.21 bits per heavy atom.